The summed E-state index contributed by atoms with van der Waals surface area (Å²) in [7, 11) is 0. The van der Waals surface area contributed by atoms with Gasteiger partial charge in [0, 0.05) is 12.1 Å². The molecule has 0 radical (unpaired) electrons. The van der Waals surface area contributed by atoms with Crippen molar-refractivity contribution in [2.24, 2.45) is 5.41 Å². The molecule has 1 saturated carbocycles. The lowest BCUT2D eigenvalue weighted by molar-refractivity contribution is 0.154. The summed E-state index contributed by atoms with van der Waals surface area (Å²) in [5.74, 6) is 0. The van der Waals surface area contributed by atoms with Gasteiger partial charge in [0.1, 0.15) is 0 Å². The average molecular weight is 178 g/mol. The number of hydrogen-bond acceptors (Lipinski definition) is 2. The maximum Gasteiger partial charge on any atom is 0.0703 e. The first-order valence-corrected chi connectivity index (χ1v) is 5.24. The smallest absolute Gasteiger partial charge is 0.0703 e. The lowest BCUT2D eigenvalue weighted by atomic mass is 10.00. The summed E-state index contributed by atoms with van der Waals surface area (Å²) in [6, 6.07) is 2.48. The molecule has 0 aromatic heterocycles. The molecule has 1 heterocycles. The van der Waals surface area contributed by atoms with Crippen molar-refractivity contribution in [3.63, 3.8) is 0 Å². The molecule has 0 atom stereocenters. The molecule has 0 amide bonds. The van der Waals surface area contributed by atoms with Crippen molar-refractivity contribution in [3.05, 3.63) is 0 Å². The number of hydrogen-bond donors (Lipinski definition) is 0. The van der Waals surface area contributed by atoms with Crippen LogP contribution in [0.25, 0.3) is 0 Å². The molecule has 0 aromatic carbocycles. The van der Waals surface area contributed by atoms with Crippen LogP contribution in [0, 0.1) is 16.7 Å². The quantitative estimate of drug-likeness (QED) is 0.648. The number of likely N-dealkylation sites (tertiary alicyclic amines) is 1. The van der Waals surface area contributed by atoms with Gasteiger partial charge in [-0.2, -0.15) is 5.26 Å². The standard InChI is InChI=1S/C11H18N2/c1-10(2)4-3-7-13(10)9-11(8-12)5-6-11/h3-7,9H2,1-2H3. The third-order valence-electron chi connectivity index (χ3n) is 3.66. The van der Waals surface area contributed by atoms with Gasteiger partial charge in [0.25, 0.3) is 0 Å². The van der Waals surface area contributed by atoms with Crippen LogP contribution in [0.5, 0.6) is 0 Å². The van der Waals surface area contributed by atoms with Gasteiger partial charge < -0.3 is 0 Å². The predicted molar refractivity (Wildman–Crippen MR) is 52.2 cm³/mol. The molecule has 13 heavy (non-hydrogen) atoms. The van der Waals surface area contributed by atoms with Crippen molar-refractivity contribution >= 4 is 0 Å². The fourth-order valence-corrected chi connectivity index (χ4v) is 2.28. The second-order valence-corrected chi connectivity index (χ2v) is 5.23. The van der Waals surface area contributed by atoms with Crippen LogP contribution in [-0.4, -0.2) is 23.5 Å². The molecule has 2 nitrogen and oxygen atoms in total. The van der Waals surface area contributed by atoms with Gasteiger partial charge in [-0.05, 0) is 46.1 Å². The van der Waals surface area contributed by atoms with E-state index in [1.54, 1.807) is 0 Å². The Labute approximate surface area is 80.5 Å². The first kappa shape index (κ1) is 9.02. The fourth-order valence-electron chi connectivity index (χ4n) is 2.28. The van der Waals surface area contributed by atoms with E-state index in [1.165, 1.54) is 19.4 Å². The third kappa shape index (κ3) is 1.58. The van der Waals surface area contributed by atoms with Gasteiger partial charge in [-0.1, -0.05) is 0 Å². The zero-order chi connectivity index (χ0) is 9.53. The first-order valence-electron chi connectivity index (χ1n) is 5.24. The van der Waals surface area contributed by atoms with Crippen LogP contribution in [0.3, 0.4) is 0 Å². The molecule has 1 aliphatic carbocycles. The van der Waals surface area contributed by atoms with Crippen LogP contribution in [0.4, 0.5) is 0 Å². The van der Waals surface area contributed by atoms with E-state index < -0.39 is 0 Å². The van der Waals surface area contributed by atoms with Crippen molar-refractivity contribution in [1.82, 2.24) is 4.90 Å². The summed E-state index contributed by atoms with van der Waals surface area (Å²) in [4.78, 5) is 2.50. The number of nitrogens with zero attached hydrogens (tertiary/aromatic N) is 2. The summed E-state index contributed by atoms with van der Waals surface area (Å²) in [6.07, 6.45) is 4.83. The Bertz CT molecular complexity index is 245. The minimum Gasteiger partial charge on any atom is -0.297 e. The summed E-state index contributed by atoms with van der Waals surface area (Å²) < 4.78 is 0. The molecule has 2 rings (SSSR count). The van der Waals surface area contributed by atoms with E-state index in [4.69, 9.17) is 5.26 Å². The molecular weight excluding hydrogens is 160 g/mol. The monoisotopic (exact) mass is 178 g/mol. The average Bonchev–Trinajstić information content (AvgIpc) is 2.76. The minimum absolute atomic E-state index is 0.0433. The SMILES string of the molecule is CC1(C)CCCN1CC1(C#N)CC1. The summed E-state index contributed by atoms with van der Waals surface area (Å²) in [6.45, 7) is 6.80. The molecule has 1 saturated heterocycles. The molecule has 0 N–H and O–H groups in total. The maximum absolute atomic E-state index is 9.01. The zero-order valence-corrected chi connectivity index (χ0v) is 8.64. The Morgan fingerprint density at radius 2 is 2.00 bits per heavy atom. The van der Waals surface area contributed by atoms with Crippen LogP contribution in [-0.2, 0) is 0 Å². The van der Waals surface area contributed by atoms with Crippen LogP contribution in [0.1, 0.15) is 39.5 Å². The molecule has 0 bridgehead atoms. The highest BCUT2D eigenvalue weighted by molar-refractivity contribution is 5.12. The molecule has 2 heteroatoms. The third-order valence-corrected chi connectivity index (χ3v) is 3.66. The predicted octanol–water partition coefficient (Wildman–Crippen LogP) is 2.16. The lowest BCUT2D eigenvalue weighted by Crippen LogP contribution is -2.41. The highest BCUT2D eigenvalue weighted by atomic mass is 15.2. The van der Waals surface area contributed by atoms with E-state index >= 15 is 0 Å². The normalized spacial score (nSPS) is 29.9. The van der Waals surface area contributed by atoms with Gasteiger partial charge in [-0.3, -0.25) is 4.90 Å². The highest BCUT2D eigenvalue weighted by Gasteiger charge is 2.47. The molecule has 72 valence electrons. The Morgan fingerprint density at radius 1 is 1.31 bits per heavy atom. The molecule has 2 aliphatic rings. The van der Waals surface area contributed by atoms with Crippen LogP contribution >= 0.6 is 0 Å². The zero-order valence-electron chi connectivity index (χ0n) is 8.64. The van der Waals surface area contributed by atoms with E-state index in [-0.39, 0.29) is 5.41 Å². The molecule has 0 unspecified atom stereocenters. The van der Waals surface area contributed by atoms with Crippen LogP contribution < -0.4 is 0 Å². The lowest BCUT2D eigenvalue weighted by Gasteiger charge is -2.32. The summed E-state index contributed by atoms with van der Waals surface area (Å²) >= 11 is 0. The van der Waals surface area contributed by atoms with Crippen molar-refractivity contribution in [2.75, 3.05) is 13.1 Å². The second-order valence-electron chi connectivity index (χ2n) is 5.23. The van der Waals surface area contributed by atoms with E-state index in [0.29, 0.717) is 5.54 Å². The minimum atomic E-state index is 0.0433. The topological polar surface area (TPSA) is 27.0 Å². The Balaban J connectivity index is 1.99. The molecule has 0 spiro atoms. The van der Waals surface area contributed by atoms with Gasteiger partial charge in [0.15, 0.2) is 0 Å². The van der Waals surface area contributed by atoms with Gasteiger partial charge >= 0.3 is 0 Å². The van der Waals surface area contributed by atoms with Crippen molar-refractivity contribution in [3.8, 4) is 6.07 Å². The Morgan fingerprint density at radius 3 is 2.38 bits per heavy atom. The Hall–Kier alpha value is -0.550. The summed E-state index contributed by atoms with van der Waals surface area (Å²) in [5.41, 5.74) is 0.383. The van der Waals surface area contributed by atoms with Gasteiger partial charge in [-0.25, -0.2) is 0 Å². The fraction of sp³-hybridized carbons (Fsp3) is 0.909. The van der Waals surface area contributed by atoms with Gasteiger partial charge in [0.2, 0.25) is 0 Å². The van der Waals surface area contributed by atoms with Crippen molar-refractivity contribution in [1.29, 1.82) is 5.26 Å². The number of rotatable bonds is 2. The molecular formula is C11H18N2. The van der Waals surface area contributed by atoms with Gasteiger partial charge in [0.05, 0.1) is 11.5 Å². The Kier molecular flexibility index (Phi) is 1.89. The first-order chi connectivity index (χ1) is 6.08. The van der Waals surface area contributed by atoms with E-state index in [2.05, 4.69) is 24.8 Å². The molecule has 0 aromatic rings. The van der Waals surface area contributed by atoms with E-state index in [1.807, 2.05) is 0 Å². The maximum atomic E-state index is 9.01. The summed E-state index contributed by atoms with van der Waals surface area (Å²) in [5, 5.41) is 9.01. The largest absolute Gasteiger partial charge is 0.297 e. The van der Waals surface area contributed by atoms with Crippen LogP contribution in [0.2, 0.25) is 0 Å². The second kappa shape index (κ2) is 2.72. The van der Waals surface area contributed by atoms with E-state index in [9.17, 15) is 0 Å². The van der Waals surface area contributed by atoms with Crippen LogP contribution in [0.15, 0.2) is 0 Å². The molecule has 1 aliphatic heterocycles. The van der Waals surface area contributed by atoms with Crippen molar-refractivity contribution < 1.29 is 0 Å². The molecule has 2 fully saturated rings. The van der Waals surface area contributed by atoms with Gasteiger partial charge in [-0.15, -0.1) is 0 Å². The van der Waals surface area contributed by atoms with E-state index in [0.717, 1.165) is 19.4 Å². The van der Waals surface area contributed by atoms with Crippen molar-refractivity contribution in [2.45, 2.75) is 45.1 Å². The number of nitriles is 1. The highest BCUT2D eigenvalue weighted by Crippen LogP contribution is 2.47.